The summed E-state index contributed by atoms with van der Waals surface area (Å²) in [5.74, 6) is 1.03. The monoisotopic (exact) mass is 629 g/mol. The lowest BCUT2D eigenvalue weighted by Crippen LogP contribution is -2.48. The molecule has 2 amide bonds. The summed E-state index contributed by atoms with van der Waals surface area (Å²) in [6, 6.07) is 15.0. The van der Waals surface area contributed by atoms with E-state index < -0.39 is 17.9 Å². The molecule has 1 aliphatic rings. The maximum Gasteiger partial charge on any atom is 0.262 e. The minimum atomic E-state index is -0.818. The molecule has 0 spiro atoms. The van der Waals surface area contributed by atoms with Crippen LogP contribution >= 0.6 is 27.5 Å². The Hall–Kier alpha value is -3.76. The average Bonchev–Trinajstić information content (AvgIpc) is 3.40. The van der Waals surface area contributed by atoms with E-state index in [-0.39, 0.29) is 19.3 Å². The molecule has 11 heteroatoms. The molecule has 0 radical (unpaired) electrons. The van der Waals surface area contributed by atoms with Crippen LogP contribution in [0.3, 0.4) is 0 Å². The number of rotatable bonds is 11. The van der Waals surface area contributed by atoms with Crippen LogP contribution in [0, 0.1) is 5.92 Å². The van der Waals surface area contributed by atoms with Gasteiger partial charge in [0.05, 0.1) is 17.3 Å². The number of hydrogen-bond acceptors (Lipinski definition) is 7. The molecule has 9 nitrogen and oxygen atoms in total. The Morgan fingerprint density at radius 3 is 2.62 bits per heavy atom. The van der Waals surface area contributed by atoms with Crippen LogP contribution in [0.2, 0.25) is 5.02 Å². The van der Waals surface area contributed by atoms with Gasteiger partial charge in [-0.2, -0.15) is 5.10 Å². The van der Waals surface area contributed by atoms with Crippen molar-refractivity contribution in [2.24, 2.45) is 11.0 Å². The number of hydrogen-bond donors (Lipinski definition) is 2. The van der Waals surface area contributed by atoms with E-state index in [1.54, 1.807) is 36.4 Å². The Kier molecular flexibility index (Phi) is 9.89. The number of carbonyl (C=O) groups is 2. The molecule has 1 unspecified atom stereocenters. The van der Waals surface area contributed by atoms with Crippen molar-refractivity contribution < 1.29 is 28.5 Å². The van der Waals surface area contributed by atoms with Crippen molar-refractivity contribution in [1.29, 1.82) is 0 Å². The normalized spacial score (nSPS) is 12.8. The van der Waals surface area contributed by atoms with Gasteiger partial charge >= 0.3 is 0 Å². The van der Waals surface area contributed by atoms with Crippen LogP contribution in [0.25, 0.3) is 0 Å². The van der Waals surface area contributed by atoms with Crippen LogP contribution in [0.4, 0.5) is 0 Å². The van der Waals surface area contributed by atoms with Crippen LogP contribution in [0.15, 0.2) is 64.2 Å². The summed E-state index contributed by atoms with van der Waals surface area (Å²) >= 11 is 9.79. The maximum absolute atomic E-state index is 12.9. The molecule has 0 fully saturated rings. The summed E-state index contributed by atoms with van der Waals surface area (Å²) in [5.41, 5.74) is 4.38. The highest BCUT2D eigenvalue weighted by Crippen LogP contribution is 2.37. The lowest BCUT2D eigenvalue weighted by molar-refractivity contribution is -0.123. The Morgan fingerprint density at radius 1 is 1.10 bits per heavy atom. The van der Waals surface area contributed by atoms with E-state index in [1.165, 1.54) is 6.21 Å². The molecule has 0 aromatic heterocycles. The molecule has 0 aliphatic carbocycles. The molecule has 40 heavy (non-hydrogen) atoms. The van der Waals surface area contributed by atoms with E-state index in [9.17, 15) is 9.59 Å². The third-order valence-electron chi connectivity index (χ3n) is 5.92. The zero-order valence-electron chi connectivity index (χ0n) is 22.2. The Bertz CT molecular complexity index is 1410. The molecule has 0 bridgehead atoms. The first kappa shape index (κ1) is 29.2. The molecule has 1 atom stereocenters. The van der Waals surface area contributed by atoms with Gasteiger partial charge in [0.1, 0.15) is 12.6 Å². The van der Waals surface area contributed by atoms with Gasteiger partial charge < -0.3 is 24.3 Å². The Balaban J connectivity index is 1.41. The zero-order valence-corrected chi connectivity index (χ0v) is 24.5. The van der Waals surface area contributed by atoms with E-state index in [1.807, 2.05) is 39.0 Å². The predicted molar refractivity (Wildman–Crippen MR) is 155 cm³/mol. The topological polar surface area (TPSA) is 107 Å². The number of amides is 2. The summed E-state index contributed by atoms with van der Waals surface area (Å²) < 4.78 is 23.1. The molecule has 4 rings (SSSR count). The number of carbonyl (C=O) groups excluding carboxylic acids is 2. The highest BCUT2D eigenvalue weighted by atomic mass is 79.9. The molecule has 3 aromatic carbocycles. The van der Waals surface area contributed by atoms with E-state index in [2.05, 4.69) is 31.8 Å². The molecular formula is C29H29BrClN3O6. The zero-order chi connectivity index (χ0) is 28.6. The molecule has 210 valence electrons. The van der Waals surface area contributed by atoms with Crippen molar-refractivity contribution in [3.05, 3.63) is 80.8 Å². The van der Waals surface area contributed by atoms with E-state index >= 15 is 0 Å². The first-order valence-corrected chi connectivity index (χ1v) is 13.8. The van der Waals surface area contributed by atoms with Gasteiger partial charge in [0, 0.05) is 16.1 Å². The molecule has 0 saturated heterocycles. The summed E-state index contributed by atoms with van der Waals surface area (Å²) in [4.78, 5) is 25.7. The van der Waals surface area contributed by atoms with Gasteiger partial charge in [-0.05, 0) is 70.7 Å². The minimum Gasteiger partial charge on any atom is -0.490 e. The first-order valence-electron chi connectivity index (χ1n) is 12.6. The van der Waals surface area contributed by atoms with Gasteiger partial charge in [-0.15, -0.1) is 0 Å². The largest absolute Gasteiger partial charge is 0.490 e. The van der Waals surface area contributed by atoms with Crippen molar-refractivity contribution in [3.8, 4) is 23.0 Å². The van der Waals surface area contributed by atoms with Crippen molar-refractivity contribution in [1.82, 2.24) is 10.7 Å². The number of nitrogens with one attached hydrogen (secondary N) is 2. The fourth-order valence-electron chi connectivity index (χ4n) is 3.87. The van der Waals surface area contributed by atoms with Gasteiger partial charge in [0.15, 0.2) is 23.0 Å². The van der Waals surface area contributed by atoms with Gasteiger partial charge in [0.25, 0.3) is 11.8 Å². The number of ether oxygens (including phenoxy) is 4. The summed E-state index contributed by atoms with van der Waals surface area (Å²) in [5, 5.41) is 7.49. The molecular weight excluding hydrogens is 602 g/mol. The second kappa shape index (κ2) is 13.5. The highest BCUT2D eigenvalue weighted by Gasteiger charge is 2.25. The summed E-state index contributed by atoms with van der Waals surface area (Å²) in [6.45, 7) is 6.33. The second-order valence-electron chi connectivity index (χ2n) is 9.14. The van der Waals surface area contributed by atoms with Crippen molar-refractivity contribution >= 4 is 45.6 Å². The van der Waals surface area contributed by atoms with Gasteiger partial charge in [-0.1, -0.05) is 43.6 Å². The third kappa shape index (κ3) is 7.25. The van der Waals surface area contributed by atoms with E-state index in [4.69, 9.17) is 30.5 Å². The lowest BCUT2D eigenvalue weighted by atomic mass is 10.0. The first-order chi connectivity index (χ1) is 19.3. The van der Waals surface area contributed by atoms with Crippen LogP contribution in [-0.2, 0) is 11.4 Å². The number of hydrazone groups is 1. The van der Waals surface area contributed by atoms with Gasteiger partial charge in [0.2, 0.25) is 6.79 Å². The lowest BCUT2D eigenvalue weighted by Gasteiger charge is -2.20. The number of nitrogens with zero attached hydrogens (tertiary/aromatic N) is 1. The second-order valence-corrected chi connectivity index (χ2v) is 10.4. The fraction of sp³-hybridized carbons (Fsp3) is 0.276. The smallest absolute Gasteiger partial charge is 0.262 e. The van der Waals surface area contributed by atoms with Crippen LogP contribution in [0.1, 0.15) is 42.3 Å². The quantitative estimate of drug-likeness (QED) is 0.208. The molecule has 2 N–H and O–H groups in total. The maximum atomic E-state index is 12.9. The van der Waals surface area contributed by atoms with Crippen molar-refractivity contribution in [2.45, 2.75) is 33.4 Å². The summed E-state index contributed by atoms with van der Waals surface area (Å²) in [6.07, 6.45) is 1.49. The number of benzene rings is 3. The molecule has 1 heterocycles. The van der Waals surface area contributed by atoms with Crippen LogP contribution in [-0.4, -0.2) is 37.5 Å². The van der Waals surface area contributed by atoms with Gasteiger partial charge in [-0.25, -0.2) is 5.43 Å². The van der Waals surface area contributed by atoms with Crippen molar-refractivity contribution in [2.75, 3.05) is 13.4 Å². The molecule has 0 saturated carbocycles. The molecule has 1 aliphatic heterocycles. The number of fused-ring (bicyclic) bond motifs is 1. The van der Waals surface area contributed by atoms with Crippen LogP contribution in [0.5, 0.6) is 23.0 Å². The van der Waals surface area contributed by atoms with E-state index in [0.29, 0.717) is 50.2 Å². The third-order valence-corrected chi connectivity index (χ3v) is 6.88. The SMILES string of the molecule is CCOc1cc(/C=N/NC(=O)C(NC(=O)c2ccc3c(c2)OCO3)C(C)C)cc(Br)c1OCc1ccccc1Cl. The minimum absolute atomic E-state index is 0.108. The highest BCUT2D eigenvalue weighted by molar-refractivity contribution is 9.10. The average molecular weight is 631 g/mol. The van der Waals surface area contributed by atoms with Crippen molar-refractivity contribution in [3.63, 3.8) is 0 Å². The van der Waals surface area contributed by atoms with Crippen LogP contribution < -0.4 is 29.7 Å². The van der Waals surface area contributed by atoms with E-state index in [0.717, 1.165) is 5.56 Å². The Morgan fingerprint density at radius 2 is 1.88 bits per heavy atom. The fourth-order valence-corrected chi connectivity index (χ4v) is 4.63. The summed E-state index contributed by atoms with van der Waals surface area (Å²) in [7, 11) is 0. The number of halogens is 2. The predicted octanol–water partition coefficient (Wildman–Crippen LogP) is 5.71. The Labute approximate surface area is 245 Å². The standard InChI is InChI=1S/C29H29BrClN3O6/c1-4-37-25-12-18(11-21(30)27(25)38-15-20-7-5-6-8-22(20)31)14-32-34-29(36)26(17(2)3)33-28(35)19-9-10-23-24(13-19)40-16-39-23/h5-14,17,26H,4,15-16H2,1-3H3,(H,33,35)(H,34,36)/b32-14+. The molecule has 3 aromatic rings. The van der Waals surface area contributed by atoms with Gasteiger partial charge in [-0.3, -0.25) is 9.59 Å².